The summed E-state index contributed by atoms with van der Waals surface area (Å²) in [4.78, 5) is 23.0. The molecule has 0 bridgehead atoms. The number of imidazole rings is 1. The second-order valence-corrected chi connectivity index (χ2v) is 4.95. The molecule has 3 rings (SSSR count). The van der Waals surface area contributed by atoms with Crippen molar-refractivity contribution in [1.82, 2.24) is 19.5 Å². The van der Waals surface area contributed by atoms with E-state index < -0.39 is 0 Å². The lowest BCUT2D eigenvalue weighted by Gasteiger charge is -2.31. The number of aromatic nitrogens is 4. The Morgan fingerprint density at radius 3 is 3.00 bits per heavy atom. The van der Waals surface area contributed by atoms with E-state index in [0.29, 0.717) is 29.2 Å². The largest absolute Gasteiger partial charge is 0.393 e. The first-order valence-electron chi connectivity index (χ1n) is 5.38. The third-order valence-electron chi connectivity index (χ3n) is 3.07. The van der Waals surface area contributed by atoms with Crippen molar-refractivity contribution in [2.75, 3.05) is 6.26 Å². The number of rotatable bonds is 2. The zero-order valence-corrected chi connectivity index (χ0v) is 10.1. The van der Waals surface area contributed by atoms with Crippen LogP contribution in [0.2, 0.25) is 0 Å². The number of nitrogens with zero attached hydrogens (tertiary/aromatic N) is 3. The van der Waals surface area contributed by atoms with Crippen LogP contribution >= 0.6 is 11.8 Å². The van der Waals surface area contributed by atoms with Gasteiger partial charge < -0.3 is 10.1 Å². The van der Waals surface area contributed by atoms with E-state index in [2.05, 4.69) is 15.0 Å². The van der Waals surface area contributed by atoms with Gasteiger partial charge in [0.1, 0.15) is 5.52 Å². The first-order chi connectivity index (χ1) is 8.19. The Bertz CT molecular complexity index is 614. The maximum Gasteiger partial charge on any atom is 0.327 e. The molecule has 0 atom stereocenters. The van der Waals surface area contributed by atoms with Crippen LogP contribution < -0.4 is 5.69 Å². The van der Waals surface area contributed by atoms with Crippen molar-refractivity contribution in [2.24, 2.45) is 0 Å². The summed E-state index contributed by atoms with van der Waals surface area (Å²) in [6, 6.07) is 0.0517. The second kappa shape index (κ2) is 3.85. The molecule has 1 aliphatic carbocycles. The van der Waals surface area contributed by atoms with Gasteiger partial charge in [-0.25, -0.2) is 14.8 Å². The zero-order valence-electron chi connectivity index (χ0n) is 9.25. The number of fused-ring (bicyclic) bond motifs is 1. The predicted molar refractivity (Wildman–Crippen MR) is 64.2 cm³/mol. The molecule has 2 heterocycles. The molecule has 0 radical (unpaired) electrons. The molecule has 0 saturated heterocycles. The quantitative estimate of drug-likeness (QED) is 0.602. The molecule has 90 valence electrons. The lowest BCUT2D eigenvalue weighted by molar-refractivity contribution is 0.0487. The van der Waals surface area contributed by atoms with E-state index in [9.17, 15) is 9.90 Å². The molecule has 7 heteroatoms. The summed E-state index contributed by atoms with van der Waals surface area (Å²) in [6.45, 7) is 0. The molecule has 0 aromatic carbocycles. The van der Waals surface area contributed by atoms with E-state index >= 15 is 0 Å². The fraction of sp³-hybridized carbons (Fsp3) is 0.500. The summed E-state index contributed by atoms with van der Waals surface area (Å²) >= 11 is 1.44. The Morgan fingerprint density at radius 1 is 1.59 bits per heavy atom. The summed E-state index contributed by atoms with van der Waals surface area (Å²) in [6.07, 6.45) is 4.46. The molecular weight excluding hydrogens is 240 g/mol. The van der Waals surface area contributed by atoms with Crippen LogP contribution in [-0.2, 0) is 0 Å². The van der Waals surface area contributed by atoms with E-state index in [1.54, 1.807) is 10.8 Å². The fourth-order valence-electron chi connectivity index (χ4n) is 2.11. The Morgan fingerprint density at radius 2 is 2.35 bits per heavy atom. The van der Waals surface area contributed by atoms with Crippen molar-refractivity contribution in [3.8, 4) is 0 Å². The van der Waals surface area contributed by atoms with Gasteiger partial charge in [0.2, 0.25) is 0 Å². The van der Waals surface area contributed by atoms with Gasteiger partial charge in [0.05, 0.1) is 12.3 Å². The molecule has 2 N–H and O–H groups in total. The van der Waals surface area contributed by atoms with Crippen LogP contribution in [-0.4, -0.2) is 37.0 Å². The maximum absolute atomic E-state index is 11.8. The SMILES string of the molecule is CSc1ncc2[nH]c(=O)n(C3CC(O)C3)c2n1. The highest BCUT2D eigenvalue weighted by Crippen LogP contribution is 2.32. The average molecular weight is 252 g/mol. The lowest BCUT2D eigenvalue weighted by Crippen LogP contribution is -2.35. The maximum atomic E-state index is 11.8. The molecule has 6 nitrogen and oxygen atoms in total. The smallest absolute Gasteiger partial charge is 0.327 e. The van der Waals surface area contributed by atoms with Crippen molar-refractivity contribution in [1.29, 1.82) is 0 Å². The van der Waals surface area contributed by atoms with Gasteiger partial charge in [0, 0.05) is 6.04 Å². The topological polar surface area (TPSA) is 83.8 Å². The van der Waals surface area contributed by atoms with Gasteiger partial charge in [-0.15, -0.1) is 0 Å². The van der Waals surface area contributed by atoms with E-state index in [0.717, 1.165) is 0 Å². The minimum atomic E-state index is -0.293. The Labute approximate surface area is 101 Å². The zero-order chi connectivity index (χ0) is 12.0. The summed E-state index contributed by atoms with van der Waals surface area (Å²) in [5.41, 5.74) is 1.10. The van der Waals surface area contributed by atoms with Crippen LogP contribution in [0.4, 0.5) is 0 Å². The number of H-pyrrole nitrogens is 1. The molecule has 0 spiro atoms. The summed E-state index contributed by atoms with van der Waals surface area (Å²) in [7, 11) is 0. The van der Waals surface area contributed by atoms with Crippen LogP contribution in [0.15, 0.2) is 16.1 Å². The fourth-order valence-corrected chi connectivity index (χ4v) is 2.44. The summed E-state index contributed by atoms with van der Waals surface area (Å²) < 4.78 is 1.63. The molecule has 0 amide bonds. The van der Waals surface area contributed by atoms with E-state index in [1.807, 2.05) is 6.26 Å². The Hall–Kier alpha value is -1.34. The highest BCUT2D eigenvalue weighted by atomic mass is 32.2. The molecule has 1 saturated carbocycles. The van der Waals surface area contributed by atoms with Gasteiger partial charge in [0.15, 0.2) is 10.8 Å². The standard InChI is InChI=1S/C10H12N4O2S/c1-17-9-11-4-7-8(13-9)14(10(16)12-7)5-2-6(15)3-5/h4-6,15H,2-3H2,1H3,(H,12,16). The van der Waals surface area contributed by atoms with Crippen LogP contribution in [0.25, 0.3) is 11.2 Å². The van der Waals surface area contributed by atoms with Gasteiger partial charge in [-0.2, -0.15) is 0 Å². The summed E-state index contributed by atoms with van der Waals surface area (Å²) in [5, 5.41) is 9.96. The van der Waals surface area contributed by atoms with E-state index in [4.69, 9.17) is 0 Å². The van der Waals surface area contributed by atoms with Crippen molar-refractivity contribution >= 4 is 22.9 Å². The molecule has 0 aliphatic heterocycles. The molecular formula is C10H12N4O2S. The number of hydrogen-bond donors (Lipinski definition) is 2. The molecule has 2 aromatic heterocycles. The summed E-state index contributed by atoms with van der Waals surface area (Å²) in [5.74, 6) is 0. The van der Waals surface area contributed by atoms with Gasteiger partial charge in [-0.1, -0.05) is 11.8 Å². The number of hydrogen-bond acceptors (Lipinski definition) is 5. The second-order valence-electron chi connectivity index (χ2n) is 4.17. The minimum Gasteiger partial charge on any atom is -0.393 e. The first kappa shape index (κ1) is 10.8. The molecule has 1 aliphatic rings. The number of aliphatic hydroxyl groups is 1. The highest BCUT2D eigenvalue weighted by molar-refractivity contribution is 7.98. The van der Waals surface area contributed by atoms with Crippen LogP contribution in [0.1, 0.15) is 18.9 Å². The van der Waals surface area contributed by atoms with Gasteiger partial charge in [-0.3, -0.25) is 4.57 Å². The Balaban J connectivity index is 2.15. The molecule has 1 fully saturated rings. The number of nitrogens with one attached hydrogen (secondary N) is 1. The van der Waals surface area contributed by atoms with Gasteiger partial charge in [0.25, 0.3) is 0 Å². The van der Waals surface area contributed by atoms with Crippen molar-refractivity contribution in [2.45, 2.75) is 30.1 Å². The Kier molecular flexibility index (Phi) is 2.44. The van der Waals surface area contributed by atoms with Crippen molar-refractivity contribution in [3.63, 3.8) is 0 Å². The molecule has 2 aromatic rings. The lowest BCUT2D eigenvalue weighted by atomic mass is 9.89. The minimum absolute atomic E-state index is 0.0517. The number of aromatic amines is 1. The predicted octanol–water partition coefficient (Wildman–Crippen LogP) is 0.537. The van der Waals surface area contributed by atoms with Crippen molar-refractivity contribution < 1.29 is 5.11 Å². The van der Waals surface area contributed by atoms with Crippen LogP contribution in [0, 0.1) is 0 Å². The molecule has 17 heavy (non-hydrogen) atoms. The monoisotopic (exact) mass is 252 g/mol. The van der Waals surface area contributed by atoms with E-state index in [-0.39, 0.29) is 17.8 Å². The highest BCUT2D eigenvalue weighted by Gasteiger charge is 2.31. The molecule has 0 unspecified atom stereocenters. The normalized spacial score (nSPS) is 23.9. The van der Waals surface area contributed by atoms with Crippen molar-refractivity contribution in [3.05, 3.63) is 16.7 Å². The van der Waals surface area contributed by atoms with Crippen LogP contribution in [0.3, 0.4) is 0 Å². The van der Waals surface area contributed by atoms with Gasteiger partial charge in [-0.05, 0) is 19.1 Å². The average Bonchev–Trinajstić information content (AvgIpc) is 2.60. The third-order valence-corrected chi connectivity index (χ3v) is 3.63. The van der Waals surface area contributed by atoms with Gasteiger partial charge >= 0.3 is 5.69 Å². The van der Waals surface area contributed by atoms with Crippen LogP contribution in [0.5, 0.6) is 0 Å². The number of thioether (sulfide) groups is 1. The van der Waals surface area contributed by atoms with E-state index in [1.165, 1.54) is 11.8 Å². The first-order valence-corrected chi connectivity index (χ1v) is 6.61. The number of aliphatic hydroxyl groups excluding tert-OH is 1. The third kappa shape index (κ3) is 1.66.